The first-order valence-corrected chi connectivity index (χ1v) is 10.0. The molecule has 0 spiro atoms. The maximum atomic E-state index is 12.9. The van der Waals surface area contributed by atoms with Crippen LogP contribution in [0.15, 0.2) is 66.6 Å². The van der Waals surface area contributed by atoms with E-state index < -0.39 is 11.8 Å². The normalized spacial score (nSPS) is 17.7. The Balaban J connectivity index is 1.35. The van der Waals surface area contributed by atoms with Crippen molar-refractivity contribution in [3.05, 3.63) is 89.4 Å². The Labute approximate surface area is 183 Å². The van der Waals surface area contributed by atoms with Crippen LogP contribution in [0.3, 0.4) is 0 Å². The minimum absolute atomic E-state index is 0.0127. The van der Waals surface area contributed by atoms with Crippen molar-refractivity contribution in [3.63, 3.8) is 0 Å². The number of H-pyrrole nitrogens is 1. The average molecular weight is 429 g/mol. The molecule has 1 aliphatic heterocycles. The second kappa shape index (κ2) is 8.06. The number of carbonyl (C=O) groups is 2. The number of ether oxygens (including phenoxy) is 1. The van der Waals surface area contributed by atoms with E-state index in [4.69, 9.17) is 4.74 Å². The van der Waals surface area contributed by atoms with Gasteiger partial charge in [-0.1, -0.05) is 43.3 Å². The first-order chi connectivity index (χ1) is 15.6. The summed E-state index contributed by atoms with van der Waals surface area (Å²) in [5.74, 6) is -0.159. The second-order valence-electron chi connectivity index (χ2n) is 7.45. The van der Waals surface area contributed by atoms with Gasteiger partial charge in [0.1, 0.15) is 17.8 Å². The van der Waals surface area contributed by atoms with Crippen LogP contribution in [0.25, 0.3) is 5.57 Å². The van der Waals surface area contributed by atoms with Gasteiger partial charge in [-0.05, 0) is 5.56 Å². The number of ketones is 1. The average Bonchev–Trinajstić information content (AvgIpc) is 3.45. The van der Waals surface area contributed by atoms with Gasteiger partial charge >= 0.3 is 5.91 Å². The molecule has 160 valence electrons. The molecular formula is C22H19N7O3. The summed E-state index contributed by atoms with van der Waals surface area (Å²) in [6.45, 7) is 1.78. The highest BCUT2D eigenvalue weighted by Crippen LogP contribution is 2.37. The van der Waals surface area contributed by atoms with Crippen molar-refractivity contribution in [3.8, 4) is 0 Å². The number of Topliss-reactive ketones (excluding diaryl/α,β-unsaturated/α-hetero) is 1. The summed E-state index contributed by atoms with van der Waals surface area (Å²) in [4.78, 5) is 38.0. The molecule has 1 aromatic carbocycles. The molecule has 2 N–H and O–H groups in total. The van der Waals surface area contributed by atoms with Gasteiger partial charge < -0.3 is 4.74 Å². The molecule has 2 aromatic heterocycles. The molecule has 10 nitrogen and oxygen atoms in total. The molecule has 3 aromatic rings. The lowest BCUT2D eigenvalue weighted by Crippen LogP contribution is -2.43. The Hall–Kier alpha value is -4.34. The van der Waals surface area contributed by atoms with Gasteiger partial charge in [0.2, 0.25) is 5.82 Å². The van der Waals surface area contributed by atoms with Crippen LogP contribution < -0.4 is 5.43 Å². The third-order valence-corrected chi connectivity index (χ3v) is 5.19. The van der Waals surface area contributed by atoms with Gasteiger partial charge in [0.25, 0.3) is 0 Å². The molecule has 2 aliphatic rings. The number of benzene rings is 1. The number of aromatic nitrogens is 5. The maximum absolute atomic E-state index is 12.9. The van der Waals surface area contributed by atoms with Crippen LogP contribution in [0, 0.1) is 5.92 Å². The summed E-state index contributed by atoms with van der Waals surface area (Å²) >= 11 is 0. The number of rotatable bonds is 5. The molecule has 0 saturated carbocycles. The van der Waals surface area contributed by atoms with Crippen molar-refractivity contribution in [2.45, 2.75) is 13.3 Å². The zero-order chi connectivity index (χ0) is 22.1. The van der Waals surface area contributed by atoms with E-state index in [1.807, 2.05) is 36.4 Å². The predicted octanol–water partition coefficient (Wildman–Crippen LogP) is 1.63. The summed E-state index contributed by atoms with van der Waals surface area (Å²) < 4.78 is 5.77. The fourth-order valence-corrected chi connectivity index (χ4v) is 3.64. The quantitative estimate of drug-likeness (QED) is 0.627. The summed E-state index contributed by atoms with van der Waals surface area (Å²) in [7, 11) is 0. The molecule has 1 atom stereocenters. The molecule has 0 saturated heterocycles. The zero-order valence-electron chi connectivity index (χ0n) is 17.1. The minimum Gasteiger partial charge on any atom is -0.468 e. The molecule has 0 bridgehead atoms. The van der Waals surface area contributed by atoms with Gasteiger partial charge in [0.05, 0.1) is 0 Å². The smallest absolute Gasteiger partial charge is 0.309 e. The molecule has 5 rings (SSSR count). The first-order valence-electron chi connectivity index (χ1n) is 10.0. The van der Waals surface area contributed by atoms with Crippen molar-refractivity contribution in [2.75, 3.05) is 6.73 Å². The molecule has 1 aliphatic carbocycles. The topological polar surface area (TPSA) is 126 Å². The van der Waals surface area contributed by atoms with E-state index in [1.165, 1.54) is 11.3 Å². The lowest BCUT2D eigenvalue weighted by Gasteiger charge is -2.22. The summed E-state index contributed by atoms with van der Waals surface area (Å²) in [5, 5.41) is 8.19. The number of hydrogen-bond donors (Lipinski definition) is 2. The van der Waals surface area contributed by atoms with E-state index in [-0.39, 0.29) is 24.0 Å². The summed E-state index contributed by atoms with van der Waals surface area (Å²) in [6.07, 6.45) is 7.07. The summed E-state index contributed by atoms with van der Waals surface area (Å²) in [6, 6.07) is 9.74. The molecule has 32 heavy (non-hydrogen) atoms. The van der Waals surface area contributed by atoms with Crippen LogP contribution in [-0.4, -0.2) is 48.6 Å². The highest BCUT2D eigenvalue weighted by Gasteiger charge is 2.39. The molecule has 3 heterocycles. The third kappa shape index (κ3) is 3.62. The fourth-order valence-electron chi connectivity index (χ4n) is 3.64. The monoisotopic (exact) mass is 429 g/mol. The molecule has 0 radical (unpaired) electrons. The van der Waals surface area contributed by atoms with E-state index in [9.17, 15) is 9.59 Å². The predicted molar refractivity (Wildman–Crippen MR) is 112 cm³/mol. The van der Waals surface area contributed by atoms with E-state index >= 15 is 0 Å². The van der Waals surface area contributed by atoms with Crippen molar-refractivity contribution < 1.29 is 14.3 Å². The zero-order valence-corrected chi connectivity index (χ0v) is 17.1. The Bertz CT molecular complexity index is 1230. The number of amides is 1. The van der Waals surface area contributed by atoms with E-state index in [0.29, 0.717) is 23.6 Å². The van der Waals surface area contributed by atoms with Gasteiger partial charge in [-0.3, -0.25) is 20.1 Å². The van der Waals surface area contributed by atoms with Crippen molar-refractivity contribution in [1.82, 2.24) is 35.6 Å². The summed E-state index contributed by atoms with van der Waals surface area (Å²) in [5.41, 5.74) is 5.46. The SMILES string of the molecule is C[C@H]1C=C(c2cncnc2)C2=C(C1=O)N(NC(=O)c1n[nH]c(Cc3ccccc3)n1)CO2. The van der Waals surface area contributed by atoms with Crippen LogP contribution in [-0.2, 0) is 16.0 Å². The second-order valence-corrected chi connectivity index (χ2v) is 7.45. The number of carbonyl (C=O) groups excluding carboxylic acids is 2. The van der Waals surface area contributed by atoms with Gasteiger partial charge in [0, 0.05) is 35.9 Å². The molecular weight excluding hydrogens is 410 g/mol. The minimum atomic E-state index is -0.544. The van der Waals surface area contributed by atoms with Crippen LogP contribution in [0.4, 0.5) is 0 Å². The molecule has 0 unspecified atom stereocenters. The van der Waals surface area contributed by atoms with Crippen LogP contribution in [0.5, 0.6) is 0 Å². The van der Waals surface area contributed by atoms with Gasteiger partial charge in [-0.2, -0.15) is 0 Å². The number of hydrazine groups is 1. The van der Waals surface area contributed by atoms with Gasteiger partial charge in [-0.15, -0.1) is 5.10 Å². The Morgan fingerprint density at radius 3 is 2.81 bits per heavy atom. The van der Waals surface area contributed by atoms with Crippen LogP contribution in [0.1, 0.15) is 34.5 Å². The third-order valence-electron chi connectivity index (χ3n) is 5.19. The largest absolute Gasteiger partial charge is 0.468 e. The van der Waals surface area contributed by atoms with Gasteiger partial charge in [0.15, 0.2) is 18.3 Å². The number of hydrogen-bond acceptors (Lipinski definition) is 8. The number of allylic oxidation sites excluding steroid dienone is 3. The Kier molecular flexibility index (Phi) is 4.94. The molecule has 0 fully saturated rings. The van der Waals surface area contributed by atoms with E-state index in [0.717, 1.165) is 11.1 Å². The number of nitrogens with one attached hydrogen (secondary N) is 2. The lowest BCUT2D eigenvalue weighted by molar-refractivity contribution is -0.119. The molecule has 10 heteroatoms. The van der Waals surface area contributed by atoms with Crippen molar-refractivity contribution in [1.29, 1.82) is 0 Å². The highest BCUT2D eigenvalue weighted by atomic mass is 16.5. The van der Waals surface area contributed by atoms with Crippen molar-refractivity contribution >= 4 is 17.3 Å². The number of aromatic amines is 1. The lowest BCUT2D eigenvalue weighted by atomic mass is 9.90. The highest BCUT2D eigenvalue weighted by molar-refractivity contribution is 6.05. The molecule has 1 amide bonds. The number of nitrogens with zero attached hydrogens (tertiary/aromatic N) is 5. The maximum Gasteiger partial charge on any atom is 0.309 e. The first kappa shape index (κ1) is 19.6. The Morgan fingerprint density at radius 2 is 2.03 bits per heavy atom. The standard InChI is InChI=1S/C22H19N7O3/c1-13-7-16(15-9-23-11-24-10-15)20-18(19(13)30)29(12-32-20)28-22(31)21-25-17(26-27-21)8-14-5-3-2-4-6-14/h2-7,9-11,13H,8,12H2,1H3,(H,28,31)(H,25,26,27)/t13-/m0/s1. The van der Waals surface area contributed by atoms with Crippen molar-refractivity contribution in [2.24, 2.45) is 5.92 Å². The van der Waals surface area contributed by atoms with Gasteiger partial charge in [-0.25, -0.2) is 20.0 Å². The van der Waals surface area contributed by atoms with Crippen LogP contribution >= 0.6 is 0 Å². The van der Waals surface area contributed by atoms with E-state index in [2.05, 4.69) is 30.6 Å². The fraction of sp³-hybridized carbons (Fsp3) is 0.182. The Morgan fingerprint density at radius 1 is 1.25 bits per heavy atom. The van der Waals surface area contributed by atoms with Crippen LogP contribution in [0.2, 0.25) is 0 Å². The van der Waals surface area contributed by atoms with E-state index in [1.54, 1.807) is 19.3 Å².